The maximum absolute atomic E-state index is 12.4. The number of para-hydroxylation sites is 1. The maximum atomic E-state index is 12.4. The quantitative estimate of drug-likeness (QED) is 0.544. The molecule has 0 radical (unpaired) electrons. The normalized spacial score (nSPS) is 14.4. The highest BCUT2D eigenvalue weighted by Gasteiger charge is 2.21. The van der Waals surface area contributed by atoms with Crippen LogP contribution in [0.1, 0.15) is 31.0 Å². The predicted octanol–water partition coefficient (Wildman–Crippen LogP) is 0.736. The monoisotopic (exact) mass is 433 g/mol. The smallest absolute Gasteiger partial charge is 0.317 e. The number of nitrogens with zero attached hydrogens (tertiary/aromatic N) is 4. The van der Waals surface area contributed by atoms with E-state index < -0.39 is 11.2 Å². The van der Waals surface area contributed by atoms with Gasteiger partial charge in [-0.1, -0.05) is 12.1 Å². The molecular weight excluding hydrogens is 410 g/mol. The van der Waals surface area contributed by atoms with Crippen LogP contribution in [0, 0.1) is 0 Å². The highest BCUT2D eigenvalue weighted by atomic mass is 35.5. The molecule has 0 spiro atoms. The minimum Gasteiger partial charge on any atom is -0.317 e. The summed E-state index contributed by atoms with van der Waals surface area (Å²) in [7, 11) is 1.74. The van der Waals surface area contributed by atoms with Crippen molar-refractivity contribution in [3.8, 4) is 0 Å². The number of rotatable bonds is 5. The van der Waals surface area contributed by atoms with Gasteiger partial charge in [-0.15, -0.1) is 12.4 Å². The number of amides is 1. The van der Waals surface area contributed by atoms with Crippen LogP contribution in [0.2, 0.25) is 0 Å². The Morgan fingerprint density at radius 1 is 1.23 bits per heavy atom. The molecule has 4 rings (SSSR count). The minimum absolute atomic E-state index is 0. The zero-order chi connectivity index (χ0) is 20.4. The molecule has 0 atom stereocenters. The third kappa shape index (κ3) is 4.44. The molecule has 3 aromatic rings. The highest BCUT2D eigenvalue weighted by Crippen LogP contribution is 2.23. The Labute approximate surface area is 178 Å². The lowest BCUT2D eigenvalue weighted by molar-refractivity contribution is -0.116. The third-order valence-corrected chi connectivity index (χ3v) is 5.20. The predicted molar refractivity (Wildman–Crippen MR) is 115 cm³/mol. The van der Waals surface area contributed by atoms with Gasteiger partial charge in [-0.25, -0.2) is 9.48 Å². The summed E-state index contributed by atoms with van der Waals surface area (Å²) in [5, 5.41) is 10.9. The van der Waals surface area contributed by atoms with Crippen LogP contribution in [0.4, 0.5) is 5.95 Å². The first kappa shape index (κ1) is 21.7. The number of aromatic nitrogens is 5. The van der Waals surface area contributed by atoms with Crippen LogP contribution in [-0.2, 0) is 18.4 Å². The largest absolute Gasteiger partial charge is 0.328 e. The van der Waals surface area contributed by atoms with Crippen LogP contribution in [0.3, 0.4) is 0 Å². The van der Waals surface area contributed by atoms with E-state index in [1.807, 2.05) is 0 Å². The van der Waals surface area contributed by atoms with E-state index >= 15 is 0 Å². The second-order valence-corrected chi connectivity index (χ2v) is 7.17. The number of aryl methyl sites for hydroxylation is 2. The SMILES string of the molecule is Cl.Cn1nc(C2CCNCC2)nc1NC(=O)CCn1c(=O)[nH]c(=O)c2ccccc21. The van der Waals surface area contributed by atoms with Crippen LogP contribution in [0.5, 0.6) is 0 Å². The van der Waals surface area contributed by atoms with Crippen molar-refractivity contribution in [3.63, 3.8) is 0 Å². The van der Waals surface area contributed by atoms with Crippen LogP contribution >= 0.6 is 12.4 Å². The lowest BCUT2D eigenvalue weighted by Gasteiger charge is -2.19. The van der Waals surface area contributed by atoms with E-state index in [0.717, 1.165) is 31.8 Å². The van der Waals surface area contributed by atoms with Gasteiger partial charge < -0.3 is 5.32 Å². The molecule has 0 saturated carbocycles. The lowest BCUT2D eigenvalue weighted by Crippen LogP contribution is -2.31. The molecular formula is C19H24ClN7O3. The number of halogens is 1. The molecule has 30 heavy (non-hydrogen) atoms. The number of aromatic amines is 1. The number of H-pyrrole nitrogens is 1. The van der Waals surface area contributed by atoms with Gasteiger partial charge in [-0.05, 0) is 38.1 Å². The Balaban J connectivity index is 0.00000256. The summed E-state index contributed by atoms with van der Waals surface area (Å²) in [5.41, 5.74) is -0.468. The molecule has 0 bridgehead atoms. The summed E-state index contributed by atoms with van der Waals surface area (Å²) in [5.74, 6) is 1.15. The fourth-order valence-electron chi connectivity index (χ4n) is 3.63. The van der Waals surface area contributed by atoms with Crippen LogP contribution in [-0.4, -0.2) is 43.3 Å². The standard InChI is InChI=1S/C19H23N7O3.ClH/c1-25-18(22-16(24-25)12-6-9-20-10-7-12)21-15(27)8-11-26-14-5-3-2-4-13(14)17(28)23-19(26)29;/h2-5,12,20H,6-11H2,1H3,(H,23,28,29)(H,21,22,24,27);1H. The molecule has 3 N–H and O–H groups in total. The number of nitrogens with one attached hydrogen (secondary N) is 3. The van der Waals surface area contributed by atoms with Gasteiger partial charge in [-0.2, -0.15) is 10.1 Å². The van der Waals surface area contributed by atoms with E-state index in [2.05, 4.69) is 25.7 Å². The van der Waals surface area contributed by atoms with Crippen molar-refractivity contribution >= 4 is 35.2 Å². The molecule has 10 nitrogen and oxygen atoms in total. The van der Waals surface area contributed by atoms with Crippen LogP contribution in [0.15, 0.2) is 33.9 Å². The van der Waals surface area contributed by atoms with Gasteiger partial charge in [0.05, 0.1) is 10.9 Å². The van der Waals surface area contributed by atoms with Gasteiger partial charge >= 0.3 is 5.69 Å². The Bertz CT molecular complexity index is 1160. The van der Waals surface area contributed by atoms with E-state index in [1.54, 1.807) is 36.0 Å². The summed E-state index contributed by atoms with van der Waals surface area (Å²) >= 11 is 0. The first-order valence-corrected chi connectivity index (χ1v) is 9.66. The Morgan fingerprint density at radius 2 is 1.97 bits per heavy atom. The summed E-state index contributed by atoms with van der Waals surface area (Å²) in [6.07, 6.45) is 2.00. The number of hydrogen-bond acceptors (Lipinski definition) is 6. The van der Waals surface area contributed by atoms with Gasteiger partial charge in [0, 0.05) is 25.9 Å². The number of anilines is 1. The molecule has 11 heteroatoms. The zero-order valence-corrected chi connectivity index (χ0v) is 17.4. The number of fused-ring (bicyclic) bond motifs is 1. The van der Waals surface area contributed by atoms with Crippen molar-refractivity contribution in [2.45, 2.75) is 31.7 Å². The summed E-state index contributed by atoms with van der Waals surface area (Å²) in [4.78, 5) is 43.4. The number of carbonyl (C=O) groups is 1. The van der Waals surface area contributed by atoms with E-state index in [1.165, 1.54) is 4.57 Å². The van der Waals surface area contributed by atoms with Crippen molar-refractivity contribution in [2.75, 3.05) is 18.4 Å². The zero-order valence-electron chi connectivity index (χ0n) is 16.6. The van der Waals surface area contributed by atoms with Crippen molar-refractivity contribution in [2.24, 2.45) is 7.05 Å². The molecule has 1 amide bonds. The molecule has 160 valence electrons. The van der Waals surface area contributed by atoms with Gasteiger partial charge in [0.2, 0.25) is 11.9 Å². The second-order valence-electron chi connectivity index (χ2n) is 7.17. The summed E-state index contributed by atoms with van der Waals surface area (Å²) < 4.78 is 2.96. The Morgan fingerprint density at radius 3 is 2.73 bits per heavy atom. The first-order chi connectivity index (χ1) is 14.0. The molecule has 1 saturated heterocycles. The molecule has 2 aromatic heterocycles. The third-order valence-electron chi connectivity index (χ3n) is 5.20. The molecule has 0 unspecified atom stereocenters. The molecule has 1 aliphatic rings. The second kappa shape index (κ2) is 9.23. The Hall–Kier alpha value is -2.98. The van der Waals surface area contributed by atoms with Crippen molar-refractivity contribution in [1.82, 2.24) is 29.6 Å². The average Bonchev–Trinajstić information content (AvgIpc) is 3.09. The van der Waals surface area contributed by atoms with Gasteiger partial charge in [0.1, 0.15) is 0 Å². The van der Waals surface area contributed by atoms with Gasteiger partial charge in [-0.3, -0.25) is 24.5 Å². The number of piperidine rings is 1. The molecule has 3 heterocycles. The first-order valence-electron chi connectivity index (χ1n) is 9.66. The fourth-order valence-corrected chi connectivity index (χ4v) is 3.63. The average molecular weight is 434 g/mol. The maximum Gasteiger partial charge on any atom is 0.328 e. The van der Waals surface area contributed by atoms with E-state index in [-0.39, 0.29) is 31.3 Å². The molecule has 1 aliphatic heterocycles. The minimum atomic E-state index is -0.534. The summed E-state index contributed by atoms with van der Waals surface area (Å²) in [6.45, 7) is 2.01. The lowest BCUT2D eigenvalue weighted by atomic mass is 9.98. The van der Waals surface area contributed by atoms with E-state index in [0.29, 0.717) is 22.8 Å². The number of carbonyl (C=O) groups excluding carboxylic acids is 1. The van der Waals surface area contributed by atoms with Crippen LogP contribution in [0.25, 0.3) is 10.9 Å². The molecule has 0 aliphatic carbocycles. The molecule has 1 fully saturated rings. The molecule has 1 aromatic carbocycles. The topological polar surface area (TPSA) is 127 Å². The number of benzene rings is 1. The Kier molecular flexibility index (Phi) is 6.68. The van der Waals surface area contributed by atoms with Gasteiger partial charge in [0.15, 0.2) is 5.82 Å². The van der Waals surface area contributed by atoms with Crippen molar-refractivity contribution < 1.29 is 4.79 Å². The summed E-state index contributed by atoms with van der Waals surface area (Å²) in [6, 6.07) is 6.82. The van der Waals surface area contributed by atoms with Gasteiger partial charge in [0.25, 0.3) is 5.56 Å². The van der Waals surface area contributed by atoms with E-state index in [9.17, 15) is 14.4 Å². The van der Waals surface area contributed by atoms with E-state index in [4.69, 9.17) is 0 Å². The highest BCUT2D eigenvalue weighted by molar-refractivity contribution is 5.89. The number of hydrogen-bond donors (Lipinski definition) is 3. The fraction of sp³-hybridized carbons (Fsp3) is 0.421. The van der Waals surface area contributed by atoms with Crippen LogP contribution < -0.4 is 21.9 Å². The van der Waals surface area contributed by atoms with Crippen molar-refractivity contribution in [3.05, 3.63) is 50.9 Å². The van der Waals surface area contributed by atoms with Crippen molar-refractivity contribution in [1.29, 1.82) is 0 Å².